The molecule has 2 aromatic carbocycles. The third-order valence-corrected chi connectivity index (χ3v) is 4.65. The van der Waals surface area contributed by atoms with Crippen LogP contribution in [0.5, 0.6) is 11.5 Å². The van der Waals surface area contributed by atoms with Crippen LogP contribution in [0.1, 0.15) is 19.4 Å². The maximum Gasteiger partial charge on any atom is 0.282 e. The molecular formula is C20H18Cl2N2O4. The normalized spacial score (nSPS) is 15.4. The molecule has 0 aliphatic carbocycles. The first-order valence-corrected chi connectivity index (χ1v) is 9.22. The fourth-order valence-corrected chi connectivity index (χ4v) is 2.95. The molecule has 28 heavy (non-hydrogen) atoms. The molecule has 0 atom stereocenters. The molecule has 0 spiro atoms. The molecule has 2 aromatic rings. The summed E-state index contributed by atoms with van der Waals surface area (Å²) in [6, 6.07) is 9.84. The molecular weight excluding hydrogens is 403 g/mol. The van der Waals surface area contributed by atoms with Gasteiger partial charge >= 0.3 is 0 Å². The monoisotopic (exact) mass is 420 g/mol. The second kappa shape index (κ2) is 8.12. The smallest absolute Gasteiger partial charge is 0.282 e. The van der Waals surface area contributed by atoms with Crippen LogP contribution in [-0.4, -0.2) is 25.0 Å². The van der Waals surface area contributed by atoms with Gasteiger partial charge in [0.1, 0.15) is 5.57 Å². The molecule has 6 nitrogen and oxygen atoms in total. The highest BCUT2D eigenvalue weighted by Crippen LogP contribution is 2.31. The number of rotatable bonds is 5. The fourth-order valence-electron chi connectivity index (χ4n) is 2.66. The van der Waals surface area contributed by atoms with Gasteiger partial charge < -0.3 is 9.47 Å². The lowest BCUT2D eigenvalue weighted by Crippen LogP contribution is -2.35. The van der Waals surface area contributed by atoms with Crippen molar-refractivity contribution in [3.8, 4) is 11.5 Å². The third-order valence-electron chi connectivity index (χ3n) is 3.91. The zero-order chi connectivity index (χ0) is 20.4. The van der Waals surface area contributed by atoms with E-state index < -0.39 is 11.8 Å². The van der Waals surface area contributed by atoms with E-state index in [0.717, 1.165) is 5.01 Å². The van der Waals surface area contributed by atoms with Crippen molar-refractivity contribution in [2.75, 3.05) is 12.1 Å². The molecule has 0 saturated carbocycles. The Morgan fingerprint density at radius 3 is 2.43 bits per heavy atom. The summed E-state index contributed by atoms with van der Waals surface area (Å²) in [5.74, 6) is 0.0805. The predicted molar refractivity (Wildman–Crippen MR) is 109 cm³/mol. The molecule has 146 valence electrons. The van der Waals surface area contributed by atoms with Gasteiger partial charge in [-0.25, -0.2) is 5.01 Å². The Bertz CT molecular complexity index is 973. The predicted octanol–water partition coefficient (Wildman–Crippen LogP) is 4.25. The molecule has 0 radical (unpaired) electrons. The van der Waals surface area contributed by atoms with Crippen molar-refractivity contribution in [2.45, 2.75) is 20.0 Å². The number of benzene rings is 2. The van der Waals surface area contributed by atoms with Crippen LogP contribution in [0.25, 0.3) is 6.08 Å². The van der Waals surface area contributed by atoms with Crippen LogP contribution in [0.4, 0.5) is 5.69 Å². The maximum absolute atomic E-state index is 12.7. The number of nitrogens with one attached hydrogen (secondary N) is 1. The van der Waals surface area contributed by atoms with E-state index >= 15 is 0 Å². The van der Waals surface area contributed by atoms with Gasteiger partial charge in [-0.05, 0) is 55.8 Å². The zero-order valence-electron chi connectivity index (χ0n) is 15.5. The van der Waals surface area contributed by atoms with Gasteiger partial charge in [-0.2, -0.15) is 0 Å². The summed E-state index contributed by atoms with van der Waals surface area (Å²) in [5.41, 5.74) is 3.55. The summed E-state index contributed by atoms with van der Waals surface area (Å²) in [4.78, 5) is 25.1. The molecule has 1 saturated heterocycles. The average molecular weight is 421 g/mol. The largest absolute Gasteiger partial charge is 0.493 e. The summed E-state index contributed by atoms with van der Waals surface area (Å²) in [6.07, 6.45) is 1.48. The molecule has 0 bridgehead atoms. The number of ether oxygens (including phenoxy) is 2. The number of hydrogen-bond acceptors (Lipinski definition) is 4. The Morgan fingerprint density at radius 2 is 1.79 bits per heavy atom. The van der Waals surface area contributed by atoms with Crippen molar-refractivity contribution in [1.29, 1.82) is 0 Å². The number of anilines is 1. The molecule has 1 aliphatic heterocycles. The van der Waals surface area contributed by atoms with E-state index in [2.05, 4.69) is 5.43 Å². The van der Waals surface area contributed by atoms with Crippen LogP contribution < -0.4 is 19.9 Å². The number of carbonyl (C=O) groups is 2. The van der Waals surface area contributed by atoms with E-state index in [1.165, 1.54) is 19.3 Å². The first-order chi connectivity index (χ1) is 13.3. The van der Waals surface area contributed by atoms with Gasteiger partial charge in [0.05, 0.1) is 28.9 Å². The molecule has 1 N–H and O–H groups in total. The lowest BCUT2D eigenvalue weighted by molar-refractivity contribution is -0.117. The molecule has 1 aliphatic rings. The van der Waals surface area contributed by atoms with Crippen molar-refractivity contribution < 1.29 is 19.1 Å². The second-order valence-electron chi connectivity index (χ2n) is 6.31. The standard InChI is InChI=1S/C20H18Cl2N2O4/c1-11(2)28-17-7-4-12(9-18(17)27-3)8-14-19(25)23-24(20(14)26)13-5-6-15(21)16(22)10-13/h4-11H,1-3H3,(H,23,25)/b14-8+. The number of carbonyl (C=O) groups excluding carboxylic acids is 2. The Morgan fingerprint density at radius 1 is 1.04 bits per heavy atom. The minimum Gasteiger partial charge on any atom is -0.493 e. The van der Waals surface area contributed by atoms with Crippen LogP contribution in [-0.2, 0) is 9.59 Å². The quantitative estimate of drug-likeness (QED) is 0.579. The molecule has 2 amide bonds. The lowest BCUT2D eigenvalue weighted by Gasteiger charge is -2.15. The van der Waals surface area contributed by atoms with Gasteiger partial charge in [0.25, 0.3) is 11.8 Å². The van der Waals surface area contributed by atoms with E-state index in [4.69, 9.17) is 32.7 Å². The number of halogens is 2. The highest BCUT2D eigenvalue weighted by atomic mass is 35.5. The minimum absolute atomic E-state index is 0.00865. The van der Waals surface area contributed by atoms with Crippen LogP contribution in [0.3, 0.4) is 0 Å². The van der Waals surface area contributed by atoms with E-state index in [0.29, 0.717) is 27.8 Å². The molecule has 0 aromatic heterocycles. The number of nitrogens with zero attached hydrogens (tertiary/aromatic N) is 1. The fraction of sp³-hybridized carbons (Fsp3) is 0.200. The number of hydrazine groups is 1. The van der Waals surface area contributed by atoms with Crippen LogP contribution >= 0.6 is 23.2 Å². The first kappa shape index (κ1) is 20.0. The first-order valence-electron chi connectivity index (χ1n) is 8.47. The van der Waals surface area contributed by atoms with Crippen LogP contribution in [0.2, 0.25) is 10.0 Å². The average Bonchev–Trinajstić information content (AvgIpc) is 2.93. The summed E-state index contributed by atoms with van der Waals surface area (Å²) < 4.78 is 11.0. The van der Waals surface area contributed by atoms with Crippen molar-refractivity contribution >= 4 is 46.8 Å². The topological polar surface area (TPSA) is 67.9 Å². The molecule has 1 heterocycles. The highest BCUT2D eigenvalue weighted by molar-refractivity contribution is 6.42. The van der Waals surface area contributed by atoms with Gasteiger partial charge in [0.2, 0.25) is 0 Å². The Hall–Kier alpha value is -2.70. The van der Waals surface area contributed by atoms with Gasteiger partial charge in [-0.3, -0.25) is 15.0 Å². The zero-order valence-corrected chi connectivity index (χ0v) is 17.0. The molecule has 1 fully saturated rings. The third kappa shape index (κ3) is 4.08. The van der Waals surface area contributed by atoms with E-state index in [1.807, 2.05) is 13.8 Å². The Labute approximate surface area is 172 Å². The van der Waals surface area contributed by atoms with Crippen molar-refractivity contribution in [3.05, 3.63) is 57.6 Å². The van der Waals surface area contributed by atoms with E-state index in [-0.39, 0.29) is 16.7 Å². The van der Waals surface area contributed by atoms with Gasteiger partial charge in [0, 0.05) is 0 Å². The van der Waals surface area contributed by atoms with Gasteiger partial charge in [-0.1, -0.05) is 29.3 Å². The van der Waals surface area contributed by atoms with Crippen molar-refractivity contribution in [2.24, 2.45) is 0 Å². The van der Waals surface area contributed by atoms with E-state index in [9.17, 15) is 9.59 Å². The minimum atomic E-state index is -0.516. The van der Waals surface area contributed by atoms with Crippen LogP contribution in [0, 0.1) is 0 Å². The summed E-state index contributed by atoms with van der Waals surface area (Å²) in [5, 5.41) is 1.77. The second-order valence-corrected chi connectivity index (χ2v) is 7.13. The maximum atomic E-state index is 12.7. The van der Waals surface area contributed by atoms with Gasteiger partial charge in [0.15, 0.2) is 11.5 Å². The van der Waals surface area contributed by atoms with Gasteiger partial charge in [-0.15, -0.1) is 0 Å². The van der Waals surface area contributed by atoms with Crippen molar-refractivity contribution in [3.63, 3.8) is 0 Å². The molecule has 8 heteroatoms. The number of methoxy groups -OCH3 is 1. The molecule has 0 unspecified atom stereocenters. The molecule has 3 rings (SSSR count). The SMILES string of the molecule is COc1cc(/C=C2\C(=O)NN(c3ccc(Cl)c(Cl)c3)C2=O)ccc1OC(C)C. The summed E-state index contributed by atoms with van der Waals surface area (Å²) >= 11 is 11.9. The number of hydrogen-bond donors (Lipinski definition) is 1. The lowest BCUT2D eigenvalue weighted by atomic mass is 10.1. The highest BCUT2D eigenvalue weighted by Gasteiger charge is 2.34. The Kier molecular flexibility index (Phi) is 5.82. The van der Waals surface area contributed by atoms with Crippen LogP contribution in [0.15, 0.2) is 42.0 Å². The van der Waals surface area contributed by atoms with Crippen molar-refractivity contribution in [1.82, 2.24) is 5.43 Å². The van der Waals surface area contributed by atoms with E-state index in [1.54, 1.807) is 30.3 Å². The number of amides is 2. The Balaban J connectivity index is 1.91. The summed E-state index contributed by atoms with van der Waals surface area (Å²) in [6.45, 7) is 3.82. The summed E-state index contributed by atoms with van der Waals surface area (Å²) in [7, 11) is 1.53.